The number of carbonyl (C=O) groups is 1. The molecule has 0 atom stereocenters. The minimum Gasteiger partial charge on any atom is -0.383 e. The summed E-state index contributed by atoms with van der Waals surface area (Å²) in [5.41, 5.74) is 1.22. The van der Waals surface area contributed by atoms with Gasteiger partial charge in [0.1, 0.15) is 0 Å². The van der Waals surface area contributed by atoms with Gasteiger partial charge in [-0.3, -0.25) is 4.79 Å². The van der Waals surface area contributed by atoms with Crippen LogP contribution >= 0.6 is 0 Å². The fraction of sp³-hybridized carbons (Fsp3) is 0.588. The van der Waals surface area contributed by atoms with Crippen LogP contribution in [0.1, 0.15) is 28.8 Å². The quantitative estimate of drug-likeness (QED) is 0.693. The largest absolute Gasteiger partial charge is 0.383 e. The van der Waals surface area contributed by atoms with Crippen molar-refractivity contribution < 1.29 is 17.9 Å². The minimum absolute atomic E-state index is 0.0997. The van der Waals surface area contributed by atoms with E-state index in [1.54, 1.807) is 11.0 Å². The Hall–Kier alpha value is -1.48. The summed E-state index contributed by atoms with van der Waals surface area (Å²) in [6, 6.07) is 5.10. The molecule has 0 spiro atoms. The number of methoxy groups -OCH3 is 1. The molecule has 1 aliphatic heterocycles. The van der Waals surface area contributed by atoms with E-state index in [1.807, 2.05) is 14.0 Å². The topological polar surface area (TPSA) is 87.7 Å². The molecule has 7 nitrogen and oxygen atoms in total. The van der Waals surface area contributed by atoms with Crippen LogP contribution in [0.25, 0.3) is 0 Å². The van der Waals surface area contributed by atoms with Crippen LogP contribution in [0.3, 0.4) is 0 Å². The molecular formula is C17H27N3O4S. The number of hydrogen-bond acceptors (Lipinski definition) is 5. The van der Waals surface area contributed by atoms with Gasteiger partial charge in [-0.15, -0.1) is 0 Å². The highest BCUT2D eigenvalue weighted by Crippen LogP contribution is 2.20. The van der Waals surface area contributed by atoms with E-state index in [0.717, 1.165) is 18.4 Å². The van der Waals surface area contributed by atoms with Gasteiger partial charge in [-0.25, -0.2) is 13.1 Å². The van der Waals surface area contributed by atoms with Crippen molar-refractivity contribution in [3.63, 3.8) is 0 Å². The molecule has 0 saturated carbocycles. The highest BCUT2D eigenvalue weighted by atomic mass is 32.2. The summed E-state index contributed by atoms with van der Waals surface area (Å²) in [6.45, 7) is 3.65. The van der Waals surface area contributed by atoms with E-state index in [9.17, 15) is 13.2 Å². The summed E-state index contributed by atoms with van der Waals surface area (Å²) in [5.74, 6) is -0.110. The van der Waals surface area contributed by atoms with Gasteiger partial charge in [0.25, 0.3) is 5.91 Å². The first-order valence-corrected chi connectivity index (χ1v) is 9.93. The van der Waals surface area contributed by atoms with Gasteiger partial charge < -0.3 is 15.0 Å². The first-order valence-electron chi connectivity index (χ1n) is 8.45. The Labute approximate surface area is 149 Å². The zero-order valence-corrected chi connectivity index (χ0v) is 15.9. The standard InChI is InChI=1S/C17H27N3O4S/c1-13-4-5-15(25(22,23)19-8-11-24-3)12-16(13)17(21)20-9-6-14(18-2)7-10-20/h4-5,12,14,18-19H,6-11H2,1-3H3. The monoisotopic (exact) mass is 369 g/mol. The molecule has 1 aliphatic rings. The number of amides is 1. The van der Waals surface area contributed by atoms with Gasteiger partial charge >= 0.3 is 0 Å². The van der Waals surface area contributed by atoms with Gasteiger partial charge in [-0.1, -0.05) is 6.07 Å². The average molecular weight is 369 g/mol. The third-order valence-electron chi connectivity index (χ3n) is 4.54. The lowest BCUT2D eigenvalue weighted by Gasteiger charge is -2.32. The third-order valence-corrected chi connectivity index (χ3v) is 6.00. The Morgan fingerprint density at radius 3 is 2.60 bits per heavy atom. The molecular weight excluding hydrogens is 342 g/mol. The van der Waals surface area contributed by atoms with Gasteiger partial charge in [0.15, 0.2) is 0 Å². The Kier molecular flexibility index (Phi) is 6.95. The maximum absolute atomic E-state index is 12.8. The Balaban J connectivity index is 2.17. The second kappa shape index (κ2) is 8.75. The van der Waals surface area contributed by atoms with Gasteiger partial charge in [0, 0.05) is 38.3 Å². The van der Waals surface area contributed by atoms with Crippen molar-refractivity contribution in [2.45, 2.75) is 30.7 Å². The van der Waals surface area contributed by atoms with Crippen molar-refractivity contribution in [3.05, 3.63) is 29.3 Å². The van der Waals surface area contributed by atoms with Crippen LogP contribution in [-0.4, -0.2) is 65.7 Å². The molecule has 1 saturated heterocycles. The minimum atomic E-state index is -3.66. The number of ether oxygens (including phenoxy) is 1. The summed E-state index contributed by atoms with van der Waals surface area (Å²) in [5, 5.41) is 3.23. The maximum atomic E-state index is 12.8. The summed E-state index contributed by atoms with van der Waals surface area (Å²) >= 11 is 0. The predicted molar refractivity (Wildman–Crippen MR) is 96.2 cm³/mol. The fourth-order valence-electron chi connectivity index (χ4n) is 2.90. The summed E-state index contributed by atoms with van der Waals surface area (Å²) in [4.78, 5) is 14.7. The number of nitrogens with zero attached hydrogens (tertiary/aromatic N) is 1. The number of sulfonamides is 1. The lowest BCUT2D eigenvalue weighted by Crippen LogP contribution is -2.44. The zero-order valence-electron chi connectivity index (χ0n) is 15.0. The van der Waals surface area contributed by atoms with Gasteiger partial charge in [-0.05, 0) is 44.5 Å². The molecule has 8 heteroatoms. The second-order valence-electron chi connectivity index (χ2n) is 6.22. The molecule has 0 radical (unpaired) electrons. The number of aryl methyl sites for hydroxylation is 1. The van der Waals surface area contributed by atoms with Gasteiger partial charge in [0.2, 0.25) is 10.0 Å². The van der Waals surface area contributed by atoms with Crippen molar-refractivity contribution in [2.75, 3.05) is 40.4 Å². The van der Waals surface area contributed by atoms with Crippen LogP contribution in [-0.2, 0) is 14.8 Å². The Morgan fingerprint density at radius 1 is 1.32 bits per heavy atom. The van der Waals surface area contributed by atoms with Crippen LogP contribution in [0.15, 0.2) is 23.1 Å². The number of nitrogens with one attached hydrogen (secondary N) is 2. The van der Waals surface area contributed by atoms with E-state index in [2.05, 4.69) is 10.0 Å². The van der Waals surface area contributed by atoms with Crippen LogP contribution in [0.4, 0.5) is 0 Å². The molecule has 0 aromatic heterocycles. The van der Waals surface area contributed by atoms with E-state index in [4.69, 9.17) is 4.74 Å². The number of rotatable bonds is 7. The van der Waals surface area contributed by atoms with Crippen molar-refractivity contribution >= 4 is 15.9 Å². The summed E-state index contributed by atoms with van der Waals surface area (Å²) in [7, 11) is -0.224. The lowest BCUT2D eigenvalue weighted by atomic mass is 10.0. The van der Waals surface area contributed by atoms with Crippen LogP contribution in [0, 0.1) is 6.92 Å². The fourth-order valence-corrected chi connectivity index (χ4v) is 3.94. The molecule has 2 rings (SSSR count). The van der Waals surface area contributed by atoms with E-state index in [0.29, 0.717) is 24.7 Å². The van der Waals surface area contributed by atoms with E-state index < -0.39 is 10.0 Å². The van der Waals surface area contributed by atoms with Crippen molar-refractivity contribution in [3.8, 4) is 0 Å². The van der Waals surface area contributed by atoms with E-state index in [1.165, 1.54) is 19.2 Å². The number of hydrogen-bond donors (Lipinski definition) is 2. The molecule has 1 aromatic carbocycles. The van der Waals surface area contributed by atoms with Crippen LogP contribution in [0.2, 0.25) is 0 Å². The Morgan fingerprint density at radius 2 is 2.00 bits per heavy atom. The highest BCUT2D eigenvalue weighted by molar-refractivity contribution is 7.89. The van der Waals surface area contributed by atoms with Crippen molar-refractivity contribution in [2.24, 2.45) is 0 Å². The molecule has 1 heterocycles. The Bertz CT molecular complexity index is 698. The highest BCUT2D eigenvalue weighted by Gasteiger charge is 2.25. The zero-order chi connectivity index (χ0) is 18.4. The normalized spacial score (nSPS) is 16.2. The van der Waals surface area contributed by atoms with Crippen LogP contribution < -0.4 is 10.0 Å². The van der Waals surface area contributed by atoms with E-state index in [-0.39, 0.29) is 24.0 Å². The first-order chi connectivity index (χ1) is 11.9. The third kappa shape index (κ3) is 5.01. The molecule has 140 valence electrons. The summed E-state index contributed by atoms with van der Waals surface area (Å²) in [6.07, 6.45) is 1.80. The molecule has 25 heavy (non-hydrogen) atoms. The van der Waals surface area contributed by atoms with Crippen molar-refractivity contribution in [1.29, 1.82) is 0 Å². The molecule has 0 unspecified atom stereocenters. The van der Waals surface area contributed by atoms with E-state index >= 15 is 0 Å². The number of carbonyl (C=O) groups excluding carboxylic acids is 1. The van der Waals surface area contributed by atoms with Crippen LogP contribution in [0.5, 0.6) is 0 Å². The molecule has 2 N–H and O–H groups in total. The average Bonchev–Trinajstić information content (AvgIpc) is 2.61. The molecule has 0 bridgehead atoms. The first kappa shape index (κ1) is 19.8. The second-order valence-corrected chi connectivity index (χ2v) is 7.99. The lowest BCUT2D eigenvalue weighted by molar-refractivity contribution is 0.0706. The molecule has 0 aliphatic carbocycles. The van der Waals surface area contributed by atoms with Gasteiger partial charge in [-0.2, -0.15) is 0 Å². The SMILES string of the molecule is CNC1CCN(C(=O)c2cc(S(=O)(=O)NCCOC)ccc2C)CC1. The predicted octanol–water partition coefficient (Wildman–Crippen LogP) is 0.744. The van der Waals surface area contributed by atoms with Crippen molar-refractivity contribution in [1.82, 2.24) is 14.9 Å². The summed E-state index contributed by atoms with van der Waals surface area (Å²) < 4.78 is 32.0. The number of piperidine rings is 1. The molecule has 1 aromatic rings. The number of benzene rings is 1. The molecule has 1 fully saturated rings. The molecule has 1 amide bonds. The smallest absolute Gasteiger partial charge is 0.254 e. The maximum Gasteiger partial charge on any atom is 0.254 e. The van der Waals surface area contributed by atoms with Gasteiger partial charge in [0.05, 0.1) is 11.5 Å². The number of likely N-dealkylation sites (tertiary alicyclic amines) is 1.